The lowest BCUT2D eigenvalue weighted by atomic mass is 10.3. The molecule has 0 radical (unpaired) electrons. The smallest absolute Gasteiger partial charge is 0.156 e. The van der Waals surface area contributed by atoms with Crippen molar-refractivity contribution >= 4 is 5.82 Å². The number of aryl methyl sites for hydroxylation is 1. The van der Waals surface area contributed by atoms with Crippen LogP contribution in [0.25, 0.3) is 0 Å². The summed E-state index contributed by atoms with van der Waals surface area (Å²) in [5.41, 5.74) is 1.05. The van der Waals surface area contributed by atoms with Crippen molar-refractivity contribution in [2.45, 2.75) is 33.8 Å². The Bertz CT molecular complexity index is 302. The highest BCUT2D eigenvalue weighted by Gasteiger charge is 2.02. The van der Waals surface area contributed by atoms with E-state index in [1.807, 2.05) is 13.0 Å². The number of ether oxygens (including phenoxy) is 1. The highest BCUT2D eigenvalue weighted by molar-refractivity contribution is 5.35. The zero-order chi connectivity index (χ0) is 11.1. The quantitative estimate of drug-likeness (QED) is 0.778. The SMILES string of the molecule is CCNc1cc(CC)nc(COCC)n1. The van der Waals surface area contributed by atoms with Crippen LogP contribution in [0.5, 0.6) is 0 Å². The second-order valence-electron chi connectivity index (χ2n) is 3.18. The van der Waals surface area contributed by atoms with Crippen LogP contribution in [0.3, 0.4) is 0 Å². The standard InChI is InChI=1S/C11H19N3O/c1-4-9-7-10(12-5-2)14-11(13-9)8-15-6-3/h7H,4-6,8H2,1-3H3,(H,12,13,14). The van der Waals surface area contributed by atoms with E-state index in [-0.39, 0.29) is 0 Å². The Morgan fingerprint density at radius 1 is 1.27 bits per heavy atom. The molecule has 0 aromatic carbocycles. The van der Waals surface area contributed by atoms with E-state index in [9.17, 15) is 0 Å². The van der Waals surface area contributed by atoms with E-state index in [1.54, 1.807) is 0 Å². The average molecular weight is 209 g/mol. The van der Waals surface area contributed by atoms with Crippen molar-refractivity contribution in [2.24, 2.45) is 0 Å². The van der Waals surface area contributed by atoms with E-state index in [4.69, 9.17) is 4.74 Å². The lowest BCUT2D eigenvalue weighted by molar-refractivity contribution is 0.128. The third-order valence-corrected chi connectivity index (χ3v) is 1.98. The minimum Gasteiger partial charge on any atom is -0.374 e. The van der Waals surface area contributed by atoms with Crippen LogP contribution in [-0.2, 0) is 17.8 Å². The monoisotopic (exact) mass is 209 g/mol. The molecule has 1 N–H and O–H groups in total. The first-order chi connectivity index (χ1) is 7.30. The van der Waals surface area contributed by atoms with E-state index >= 15 is 0 Å². The Labute approximate surface area is 91.1 Å². The van der Waals surface area contributed by atoms with E-state index in [2.05, 4.69) is 29.1 Å². The van der Waals surface area contributed by atoms with Crippen LogP contribution in [0.4, 0.5) is 5.82 Å². The van der Waals surface area contributed by atoms with Crippen molar-refractivity contribution in [1.82, 2.24) is 9.97 Å². The molecule has 1 rings (SSSR count). The normalized spacial score (nSPS) is 10.3. The summed E-state index contributed by atoms with van der Waals surface area (Å²) in [6.07, 6.45) is 0.917. The molecule has 0 amide bonds. The summed E-state index contributed by atoms with van der Waals surface area (Å²) in [6.45, 7) is 8.15. The maximum Gasteiger partial charge on any atom is 0.156 e. The van der Waals surface area contributed by atoms with Crippen LogP contribution in [-0.4, -0.2) is 23.1 Å². The van der Waals surface area contributed by atoms with Gasteiger partial charge in [0.15, 0.2) is 5.82 Å². The van der Waals surface area contributed by atoms with Gasteiger partial charge in [-0.25, -0.2) is 9.97 Å². The van der Waals surface area contributed by atoms with Gasteiger partial charge in [-0.15, -0.1) is 0 Å². The zero-order valence-corrected chi connectivity index (χ0v) is 9.71. The van der Waals surface area contributed by atoms with Gasteiger partial charge in [-0.3, -0.25) is 0 Å². The zero-order valence-electron chi connectivity index (χ0n) is 9.71. The van der Waals surface area contributed by atoms with Crippen molar-refractivity contribution in [2.75, 3.05) is 18.5 Å². The van der Waals surface area contributed by atoms with Crippen LogP contribution in [0.1, 0.15) is 32.3 Å². The topological polar surface area (TPSA) is 47.0 Å². The number of hydrogen-bond donors (Lipinski definition) is 1. The fourth-order valence-electron chi connectivity index (χ4n) is 1.26. The third-order valence-electron chi connectivity index (χ3n) is 1.98. The van der Waals surface area contributed by atoms with Crippen LogP contribution >= 0.6 is 0 Å². The van der Waals surface area contributed by atoms with Crippen molar-refractivity contribution in [1.29, 1.82) is 0 Å². The highest BCUT2D eigenvalue weighted by atomic mass is 16.5. The van der Waals surface area contributed by atoms with Gasteiger partial charge in [-0.05, 0) is 20.3 Å². The molecule has 1 heterocycles. The highest BCUT2D eigenvalue weighted by Crippen LogP contribution is 2.08. The molecule has 4 nitrogen and oxygen atoms in total. The van der Waals surface area contributed by atoms with E-state index < -0.39 is 0 Å². The summed E-state index contributed by atoms with van der Waals surface area (Å²) in [5, 5.41) is 3.19. The molecule has 0 aliphatic rings. The summed E-state index contributed by atoms with van der Waals surface area (Å²) in [6, 6.07) is 1.99. The molecule has 15 heavy (non-hydrogen) atoms. The largest absolute Gasteiger partial charge is 0.374 e. The second-order valence-corrected chi connectivity index (χ2v) is 3.18. The molecule has 0 aliphatic heterocycles. The van der Waals surface area contributed by atoms with E-state index in [1.165, 1.54) is 0 Å². The van der Waals surface area contributed by atoms with Gasteiger partial charge >= 0.3 is 0 Å². The van der Waals surface area contributed by atoms with Gasteiger partial charge in [0.2, 0.25) is 0 Å². The van der Waals surface area contributed by atoms with E-state index in [0.29, 0.717) is 13.2 Å². The van der Waals surface area contributed by atoms with Gasteiger partial charge in [0, 0.05) is 24.9 Å². The van der Waals surface area contributed by atoms with Gasteiger partial charge in [0.05, 0.1) is 0 Å². The molecular formula is C11H19N3O. The summed E-state index contributed by atoms with van der Waals surface area (Å²) in [7, 11) is 0. The van der Waals surface area contributed by atoms with Crippen LogP contribution in [0, 0.1) is 0 Å². The summed E-state index contributed by atoms with van der Waals surface area (Å²) in [5.74, 6) is 1.64. The van der Waals surface area contributed by atoms with E-state index in [0.717, 1.165) is 30.3 Å². The average Bonchev–Trinajstić information content (AvgIpc) is 2.26. The molecular weight excluding hydrogens is 190 g/mol. The number of nitrogens with one attached hydrogen (secondary N) is 1. The molecule has 0 unspecified atom stereocenters. The van der Waals surface area contributed by atoms with Crippen LogP contribution in [0.2, 0.25) is 0 Å². The number of rotatable bonds is 6. The molecule has 84 valence electrons. The number of anilines is 1. The minimum absolute atomic E-state index is 0.489. The molecule has 1 aromatic heterocycles. The fraction of sp³-hybridized carbons (Fsp3) is 0.636. The van der Waals surface area contributed by atoms with Gasteiger partial charge in [0.1, 0.15) is 12.4 Å². The van der Waals surface area contributed by atoms with Crippen molar-refractivity contribution < 1.29 is 4.74 Å². The third kappa shape index (κ3) is 3.83. The molecule has 0 bridgehead atoms. The lowest BCUT2D eigenvalue weighted by Gasteiger charge is -2.07. The molecule has 0 fully saturated rings. The summed E-state index contributed by atoms with van der Waals surface area (Å²) < 4.78 is 5.30. The molecule has 0 atom stereocenters. The lowest BCUT2D eigenvalue weighted by Crippen LogP contribution is -2.07. The van der Waals surface area contributed by atoms with Gasteiger partial charge in [0.25, 0.3) is 0 Å². The first kappa shape index (κ1) is 11.9. The number of nitrogens with zero attached hydrogens (tertiary/aromatic N) is 2. The first-order valence-corrected chi connectivity index (χ1v) is 5.48. The Morgan fingerprint density at radius 3 is 2.67 bits per heavy atom. The van der Waals surface area contributed by atoms with Crippen LogP contribution < -0.4 is 5.32 Å². The number of hydrogen-bond acceptors (Lipinski definition) is 4. The van der Waals surface area contributed by atoms with Crippen molar-refractivity contribution in [3.05, 3.63) is 17.6 Å². The molecule has 0 spiro atoms. The Morgan fingerprint density at radius 2 is 2.07 bits per heavy atom. The predicted molar refractivity (Wildman–Crippen MR) is 60.9 cm³/mol. The van der Waals surface area contributed by atoms with Crippen molar-refractivity contribution in [3.8, 4) is 0 Å². The molecule has 4 heteroatoms. The number of aromatic nitrogens is 2. The summed E-state index contributed by atoms with van der Waals surface area (Å²) >= 11 is 0. The second kappa shape index (κ2) is 6.35. The maximum absolute atomic E-state index is 5.30. The predicted octanol–water partition coefficient (Wildman–Crippen LogP) is 2.01. The summed E-state index contributed by atoms with van der Waals surface area (Å²) in [4.78, 5) is 8.76. The Kier molecular flexibility index (Phi) is 5.04. The van der Waals surface area contributed by atoms with Crippen molar-refractivity contribution in [3.63, 3.8) is 0 Å². The molecule has 0 aliphatic carbocycles. The molecule has 0 saturated heterocycles. The first-order valence-electron chi connectivity index (χ1n) is 5.48. The fourth-order valence-corrected chi connectivity index (χ4v) is 1.26. The van der Waals surface area contributed by atoms with Crippen LogP contribution in [0.15, 0.2) is 6.07 Å². The molecule has 1 aromatic rings. The van der Waals surface area contributed by atoms with Gasteiger partial charge in [-0.2, -0.15) is 0 Å². The minimum atomic E-state index is 0.489. The maximum atomic E-state index is 5.30. The van der Waals surface area contributed by atoms with Gasteiger partial charge in [-0.1, -0.05) is 6.92 Å². The Hall–Kier alpha value is -1.16. The molecule has 0 saturated carbocycles. The Balaban J connectivity index is 2.79. The van der Waals surface area contributed by atoms with Gasteiger partial charge < -0.3 is 10.1 Å².